The third kappa shape index (κ3) is 23.4. The van der Waals surface area contributed by atoms with Crippen LogP contribution in [0.4, 0.5) is 53.8 Å². The molecule has 3 aliphatic heterocycles. The number of nitrogens with zero attached hydrogens (tertiary/aromatic N) is 8. The van der Waals surface area contributed by atoms with Gasteiger partial charge in [-0.3, -0.25) is 30.0 Å². The van der Waals surface area contributed by atoms with E-state index >= 15 is 0 Å². The lowest BCUT2D eigenvalue weighted by atomic mass is 9.92. The van der Waals surface area contributed by atoms with Gasteiger partial charge >= 0.3 is 30.2 Å². The van der Waals surface area contributed by atoms with E-state index in [9.17, 15) is 33.6 Å². The molecule has 0 spiro atoms. The van der Waals surface area contributed by atoms with Gasteiger partial charge in [0.15, 0.2) is 6.04 Å². The van der Waals surface area contributed by atoms with Crippen molar-refractivity contribution in [1.29, 1.82) is 0 Å². The fraction of sp³-hybridized carbons (Fsp3) is 0.375. The topological polar surface area (TPSA) is 344 Å². The number of amides is 8. The van der Waals surface area contributed by atoms with Gasteiger partial charge in [0, 0.05) is 76.6 Å². The number of benzene rings is 6. The van der Waals surface area contributed by atoms with Crippen LogP contribution in [0, 0.1) is 19.8 Å². The van der Waals surface area contributed by atoms with E-state index in [2.05, 4.69) is 83.4 Å². The SMILES string of the molecule is CC(C)(C)OC(=O)N1CCOC[C@H]1C(=O)O.Cc1ccc(-n2nc(C(C)(C)C)cc2NC(=O)Nc2ccc(OCc3ccnc(NC(=O)[C@@H]4COCCN4C(=O)OC(C)(C)C)c3)c3ccccc23)cc1.Cc1ccc(-n2nc(C(C)(C)C)cc2NC(=O)Nc2ccc(OCc3ccnc(NC(=O)[C@H]4CCCOC4)c3)c3ccccc23)cc1. The van der Waals surface area contributed by atoms with Crippen LogP contribution in [0.2, 0.25) is 0 Å². The highest BCUT2D eigenvalue weighted by Crippen LogP contribution is 2.36. The van der Waals surface area contributed by atoms with Gasteiger partial charge in [0.25, 0.3) is 5.91 Å². The molecule has 616 valence electrons. The molecular weight excluding hydrogens is 1490 g/mol. The first-order chi connectivity index (χ1) is 55.6. The summed E-state index contributed by atoms with van der Waals surface area (Å²) in [6.45, 7) is 29.9. The number of urea groups is 2. The minimum absolute atomic E-state index is 0.00851. The molecular formula is C88H104N14O15. The first-order valence-corrected chi connectivity index (χ1v) is 38.9. The second kappa shape index (κ2) is 37.4. The van der Waals surface area contributed by atoms with Gasteiger partial charge in [-0.25, -0.2) is 43.3 Å². The van der Waals surface area contributed by atoms with Crippen LogP contribution in [0.15, 0.2) is 170 Å². The summed E-state index contributed by atoms with van der Waals surface area (Å²) in [6.07, 6.45) is 3.74. The summed E-state index contributed by atoms with van der Waals surface area (Å²) in [5, 5.41) is 39.6. The molecule has 3 fully saturated rings. The van der Waals surface area contributed by atoms with Crippen molar-refractivity contribution in [2.45, 2.75) is 157 Å². The fourth-order valence-electron chi connectivity index (χ4n) is 12.7. The molecule has 6 aromatic carbocycles. The Morgan fingerprint density at radius 3 is 1.28 bits per heavy atom. The Hall–Kier alpha value is -12.5. The lowest BCUT2D eigenvalue weighted by Crippen LogP contribution is -2.55. The summed E-state index contributed by atoms with van der Waals surface area (Å²) in [6, 6.07) is 47.0. The molecule has 8 amide bonds. The number of morpholine rings is 2. The number of aryl methyl sites for hydroxylation is 2. The van der Waals surface area contributed by atoms with Crippen molar-refractivity contribution in [2.24, 2.45) is 5.92 Å². The molecule has 3 saturated heterocycles. The molecule has 13 rings (SSSR count). The molecule has 29 nitrogen and oxygen atoms in total. The van der Waals surface area contributed by atoms with Crippen LogP contribution in [0.1, 0.15) is 130 Å². The van der Waals surface area contributed by atoms with E-state index in [0.717, 1.165) is 79.4 Å². The quantitative estimate of drug-likeness (QED) is 0.0445. The zero-order valence-corrected chi connectivity index (χ0v) is 68.6. The number of fused-ring (bicyclic) bond motifs is 2. The maximum absolute atomic E-state index is 13.5. The smallest absolute Gasteiger partial charge is 0.411 e. The third-order valence-corrected chi connectivity index (χ3v) is 18.8. The number of carbonyl (C=O) groups excluding carboxylic acids is 6. The second-order valence-corrected chi connectivity index (χ2v) is 32.7. The zero-order chi connectivity index (χ0) is 83.9. The average molecular weight is 1600 g/mol. The molecule has 3 aliphatic rings. The van der Waals surface area contributed by atoms with E-state index in [4.69, 9.17) is 48.5 Å². The van der Waals surface area contributed by atoms with Crippen LogP contribution in [0.5, 0.6) is 11.5 Å². The predicted molar refractivity (Wildman–Crippen MR) is 448 cm³/mol. The molecule has 3 atom stereocenters. The Bertz CT molecular complexity index is 5190. The Morgan fingerprint density at radius 1 is 0.462 bits per heavy atom. The Labute approximate surface area is 680 Å². The second-order valence-electron chi connectivity index (χ2n) is 32.7. The summed E-state index contributed by atoms with van der Waals surface area (Å²) < 4.78 is 42.6. The summed E-state index contributed by atoms with van der Waals surface area (Å²) in [5.41, 5.74) is 6.79. The average Bonchev–Trinajstić information content (AvgIpc) is 1.76. The molecule has 7 heterocycles. The number of nitrogens with one attached hydrogen (secondary N) is 6. The summed E-state index contributed by atoms with van der Waals surface area (Å²) in [4.78, 5) is 99.4. The number of anilines is 6. The fourth-order valence-corrected chi connectivity index (χ4v) is 12.7. The van der Waals surface area contributed by atoms with Crippen molar-refractivity contribution in [3.8, 4) is 22.9 Å². The number of rotatable bonds is 17. The van der Waals surface area contributed by atoms with Crippen LogP contribution < -0.4 is 41.4 Å². The Balaban J connectivity index is 0.000000194. The first-order valence-electron chi connectivity index (χ1n) is 38.9. The number of pyridine rings is 2. The van der Waals surface area contributed by atoms with Crippen LogP contribution in [-0.4, -0.2) is 162 Å². The van der Waals surface area contributed by atoms with Crippen LogP contribution in [0.3, 0.4) is 0 Å². The van der Waals surface area contributed by atoms with Gasteiger partial charge in [0.05, 0.1) is 73.1 Å². The highest BCUT2D eigenvalue weighted by Gasteiger charge is 2.38. The van der Waals surface area contributed by atoms with Gasteiger partial charge in [0.1, 0.15) is 65.2 Å². The number of hydrogen-bond donors (Lipinski definition) is 7. The number of aromatic nitrogens is 6. The molecule has 117 heavy (non-hydrogen) atoms. The van der Waals surface area contributed by atoms with Crippen LogP contribution >= 0.6 is 0 Å². The van der Waals surface area contributed by atoms with Crippen molar-refractivity contribution in [1.82, 2.24) is 39.3 Å². The van der Waals surface area contributed by atoms with E-state index in [0.29, 0.717) is 72.6 Å². The van der Waals surface area contributed by atoms with E-state index in [1.54, 1.807) is 81.5 Å². The molecule has 0 unspecified atom stereocenters. The van der Waals surface area contributed by atoms with Crippen molar-refractivity contribution in [2.75, 3.05) is 84.6 Å². The van der Waals surface area contributed by atoms with Crippen molar-refractivity contribution < 1.29 is 71.8 Å². The van der Waals surface area contributed by atoms with Gasteiger partial charge in [-0.2, -0.15) is 10.2 Å². The normalized spacial score (nSPS) is 15.7. The molecule has 4 aromatic heterocycles. The molecule has 0 bridgehead atoms. The van der Waals surface area contributed by atoms with E-state index in [-0.39, 0.29) is 68.2 Å². The molecule has 0 radical (unpaired) electrons. The Kier molecular flexibility index (Phi) is 27.3. The number of aliphatic carboxylic acids is 1. The van der Waals surface area contributed by atoms with Crippen molar-refractivity contribution in [3.05, 3.63) is 204 Å². The van der Waals surface area contributed by atoms with E-state index in [1.807, 2.05) is 153 Å². The maximum Gasteiger partial charge on any atom is 0.411 e. The van der Waals surface area contributed by atoms with Crippen LogP contribution in [0.25, 0.3) is 32.9 Å². The summed E-state index contributed by atoms with van der Waals surface area (Å²) in [5.74, 6) is 1.43. The standard InChI is InChI=1S/C41H47N7O6.C37H40N6O4.C10H17NO5/c1-26-12-14-28(15-13-26)48-36(23-34(46-48)40(2,3)4)45-38(50)43-31-16-17-33(30-11-9-8-10-29(30)31)53-24-27-18-19-42-35(22-27)44-37(49)32-25-52-21-20-47(32)39(51)54-41(5,6)7;1-24-11-13-27(14-12-24)43-34(21-32(42-43)37(2,3)4)41-36(45)39-30-15-16-31(29-10-6-5-9-28(29)30)47-22-25-17-18-38-33(20-25)40-35(44)26-8-7-19-46-23-26;1-10(2,3)16-9(14)11-4-5-15-6-7(11)8(12)13/h8-19,22-23,32H,20-21,24-25H2,1-7H3,(H,42,44,49)(H2,43,45,50);5-6,9-18,20-21,26H,7-8,19,22-23H2,1-4H3,(H,38,40,44)(H2,39,41,45);7H,4-6H2,1-3H3,(H,12,13)/t32-;26-;7-/m000/s1. The number of carboxylic acids is 1. The van der Waals surface area contributed by atoms with Gasteiger partial charge in [-0.15, -0.1) is 0 Å². The highest BCUT2D eigenvalue weighted by atomic mass is 16.6. The van der Waals surface area contributed by atoms with Gasteiger partial charge < -0.3 is 59.5 Å². The number of carbonyl (C=O) groups is 7. The number of hydrogen-bond acceptors (Lipinski definition) is 18. The predicted octanol–water partition coefficient (Wildman–Crippen LogP) is 16.1. The molecule has 0 aliphatic carbocycles. The van der Waals surface area contributed by atoms with Gasteiger partial charge in [-0.1, -0.05) is 125 Å². The first kappa shape index (κ1) is 85.4. The van der Waals surface area contributed by atoms with Gasteiger partial charge in [-0.05, 0) is 152 Å². The minimum atomic E-state index is -1.08. The van der Waals surface area contributed by atoms with Crippen molar-refractivity contribution in [3.63, 3.8) is 0 Å². The molecule has 10 aromatic rings. The Morgan fingerprint density at radius 2 is 0.872 bits per heavy atom. The molecule has 29 heteroatoms. The van der Waals surface area contributed by atoms with Gasteiger partial charge in [0.2, 0.25) is 5.91 Å². The number of ether oxygens (including phenoxy) is 7. The molecule has 7 N–H and O–H groups in total. The minimum Gasteiger partial charge on any atom is -0.488 e. The van der Waals surface area contributed by atoms with E-state index < -0.39 is 53.4 Å². The van der Waals surface area contributed by atoms with Crippen LogP contribution in [-0.2, 0) is 62.1 Å². The molecule has 0 saturated carbocycles. The lowest BCUT2D eigenvalue weighted by Gasteiger charge is -2.35. The highest BCUT2D eigenvalue weighted by molar-refractivity contribution is 6.09. The number of carboxylic acid groups (broad SMARTS) is 1. The largest absolute Gasteiger partial charge is 0.488 e. The maximum atomic E-state index is 13.5. The third-order valence-electron chi connectivity index (χ3n) is 18.8. The van der Waals surface area contributed by atoms with E-state index in [1.165, 1.54) is 9.80 Å². The van der Waals surface area contributed by atoms with Crippen molar-refractivity contribution >= 4 is 98.2 Å². The summed E-state index contributed by atoms with van der Waals surface area (Å²) in [7, 11) is 0. The summed E-state index contributed by atoms with van der Waals surface area (Å²) >= 11 is 0. The lowest BCUT2D eigenvalue weighted by molar-refractivity contribution is -0.149. The monoisotopic (exact) mass is 1600 g/mol. The zero-order valence-electron chi connectivity index (χ0n) is 68.6.